The van der Waals surface area contributed by atoms with Crippen LogP contribution in [0.3, 0.4) is 0 Å². The molecule has 0 amide bonds. The Bertz CT molecular complexity index is 355. The summed E-state index contributed by atoms with van der Waals surface area (Å²) in [4.78, 5) is 6.58. The first kappa shape index (κ1) is 11.4. The van der Waals surface area contributed by atoms with Gasteiger partial charge < -0.3 is 14.7 Å². The summed E-state index contributed by atoms with van der Waals surface area (Å²) < 4.78 is 5.40. The molecule has 2 atom stereocenters. The number of rotatable bonds is 2. The Morgan fingerprint density at radius 3 is 3.12 bits per heavy atom. The molecule has 1 aromatic rings. The second-order valence-electron chi connectivity index (χ2n) is 4.21. The summed E-state index contributed by atoms with van der Waals surface area (Å²) in [5.74, 6) is 0.883. The smallest absolute Gasteiger partial charge is 0.134 e. The fourth-order valence-corrected chi connectivity index (χ4v) is 2.02. The van der Waals surface area contributed by atoms with Crippen LogP contribution in [0.15, 0.2) is 18.3 Å². The fraction of sp³-hybridized carbons (Fsp3) is 0.583. The van der Waals surface area contributed by atoms with Crippen LogP contribution in [0.2, 0.25) is 0 Å². The lowest BCUT2D eigenvalue weighted by Gasteiger charge is -2.35. The van der Waals surface area contributed by atoms with Crippen LogP contribution in [0, 0.1) is 0 Å². The lowest BCUT2D eigenvalue weighted by atomic mass is 10.1. The lowest BCUT2D eigenvalue weighted by Crippen LogP contribution is -2.44. The highest BCUT2D eigenvalue weighted by atomic mass is 16.5. The molecule has 0 aliphatic carbocycles. The van der Waals surface area contributed by atoms with Gasteiger partial charge in [0.05, 0.1) is 25.4 Å². The van der Waals surface area contributed by atoms with Crippen molar-refractivity contribution in [2.45, 2.75) is 26.0 Å². The van der Waals surface area contributed by atoms with Gasteiger partial charge in [-0.2, -0.15) is 0 Å². The predicted molar refractivity (Wildman–Crippen MR) is 62.5 cm³/mol. The van der Waals surface area contributed by atoms with E-state index in [9.17, 15) is 5.11 Å². The Kier molecular flexibility index (Phi) is 3.41. The standard InChI is InChI=1S/C12H18N2O2/c1-9-8-16-7-6-14(9)12-11(10(2)15)4-3-5-13-12/h3-5,9-10,15H,6-8H2,1-2H3/t9?,10-/m1/s1. The SMILES string of the molecule is CC1COCCN1c1ncccc1[C@@H](C)O. The molecule has 0 saturated carbocycles. The van der Waals surface area contributed by atoms with Gasteiger partial charge in [-0.3, -0.25) is 0 Å². The third-order valence-corrected chi connectivity index (χ3v) is 2.91. The maximum Gasteiger partial charge on any atom is 0.134 e. The minimum atomic E-state index is -0.487. The van der Waals surface area contributed by atoms with E-state index in [0.717, 1.165) is 31.1 Å². The molecule has 2 heterocycles. The number of nitrogens with zero attached hydrogens (tertiary/aromatic N) is 2. The van der Waals surface area contributed by atoms with Crippen molar-refractivity contribution in [3.8, 4) is 0 Å². The van der Waals surface area contributed by atoms with Crippen LogP contribution in [0.1, 0.15) is 25.5 Å². The van der Waals surface area contributed by atoms with Crippen molar-refractivity contribution in [3.63, 3.8) is 0 Å². The summed E-state index contributed by atoms with van der Waals surface area (Å²) in [6, 6.07) is 4.09. The highest BCUT2D eigenvalue weighted by molar-refractivity contribution is 5.49. The van der Waals surface area contributed by atoms with Gasteiger partial charge in [0.2, 0.25) is 0 Å². The van der Waals surface area contributed by atoms with Gasteiger partial charge in [0.1, 0.15) is 5.82 Å². The molecule has 1 saturated heterocycles. The summed E-state index contributed by atoms with van der Waals surface area (Å²) in [7, 11) is 0. The monoisotopic (exact) mass is 222 g/mol. The zero-order chi connectivity index (χ0) is 11.5. The first-order chi connectivity index (χ1) is 7.70. The van der Waals surface area contributed by atoms with E-state index in [-0.39, 0.29) is 0 Å². The average Bonchev–Trinajstić information content (AvgIpc) is 2.29. The van der Waals surface area contributed by atoms with Gasteiger partial charge in [0.25, 0.3) is 0 Å². The third-order valence-electron chi connectivity index (χ3n) is 2.91. The van der Waals surface area contributed by atoms with E-state index in [4.69, 9.17) is 4.74 Å². The zero-order valence-corrected chi connectivity index (χ0v) is 9.76. The summed E-state index contributed by atoms with van der Waals surface area (Å²) in [5.41, 5.74) is 0.885. The van der Waals surface area contributed by atoms with Crippen LogP contribution in [-0.2, 0) is 4.74 Å². The van der Waals surface area contributed by atoms with E-state index in [2.05, 4.69) is 16.8 Å². The van der Waals surface area contributed by atoms with Crippen LogP contribution in [-0.4, -0.2) is 35.9 Å². The average molecular weight is 222 g/mol. The molecule has 1 aromatic heterocycles. The van der Waals surface area contributed by atoms with E-state index < -0.39 is 6.10 Å². The van der Waals surface area contributed by atoms with Gasteiger partial charge in [-0.1, -0.05) is 6.07 Å². The first-order valence-electron chi connectivity index (χ1n) is 5.67. The van der Waals surface area contributed by atoms with Gasteiger partial charge in [0, 0.05) is 18.3 Å². The first-order valence-corrected chi connectivity index (χ1v) is 5.67. The van der Waals surface area contributed by atoms with Gasteiger partial charge in [-0.15, -0.1) is 0 Å². The predicted octanol–water partition coefficient (Wildman–Crippen LogP) is 1.36. The van der Waals surface area contributed by atoms with Crippen molar-refractivity contribution in [1.29, 1.82) is 0 Å². The fourth-order valence-electron chi connectivity index (χ4n) is 2.02. The van der Waals surface area contributed by atoms with Crippen LogP contribution in [0.4, 0.5) is 5.82 Å². The second-order valence-corrected chi connectivity index (χ2v) is 4.21. The molecule has 0 radical (unpaired) electrons. The maximum absolute atomic E-state index is 9.72. The van der Waals surface area contributed by atoms with E-state index in [0.29, 0.717) is 6.04 Å². The van der Waals surface area contributed by atoms with Crippen LogP contribution >= 0.6 is 0 Å². The normalized spacial score (nSPS) is 23.2. The molecular formula is C12H18N2O2. The highest BCUT2D eigenvalue weighted by Gasteiger charge is 2.23. The van der Waals surface area contributed by atoms with Gasteiger partial charge in [-0.25, -0.2) is 4.98 Å². The molecule has 1 fully saturated rings. The number of hydrogen-bond donors (Lipinski definition) is 1. The minimum Gasteiger partial charge on any atom is -0.389 e. The molecule has 0 bridgehead atoms. The minimum absolute atomic E-state index is 0.307. The largest absolute Gasteiger partial charge is 0.389 e. The number of pyridine rings is 1. The van der Waals surface area contributed by atoms with E-state index >= 15 is 0 Å². The molecule has 4 heteroatoms. The summed E-state index contributed by atoms with van der Waals surface area (Å²) in [6.07, 6.45) is 1.28. The lowest BCUT2D eigenvalue weighted by molar-refractivity contribution is 0.0980. The summed E-state index contributed by atoms with van der Waals surface area (Å²) in [5, 5.41) is 9.72. The van der Waals surface area contributed by atoms with Gasteiger partial charge in [0.15, 0.2) is 0 Å². The molecule has 2 rings (SSSR count). The number of anilines is 1. The van der Waals surface area contributed by atoms with Crippen molar-refractivity contribution < 1.29 is 9.84 Å². The topological polar surface area (TPSA) is 45.6 Å². The number of aliphatic hydroxyl groups is 1. The number of aliphatic hydroxyl groups excluding tert-OH is 1. The van der Waals surface area contributed by atoms with Crippen LogP contribution in [0.25, 0.3) is 0 Å². The maximum atomic E-state index is 9.72. The number of ether oxygens (including phenoxy) is 1. The van der Waals surface area contributed by atoms with Gasteiger partial charge >= 0.3 is 0 Å². The van der Waals surface area contributed by atoms with Crippen LogP contribution < -0.4 is 4.90 Å². The van der Waals surface area contributed by atoms with Crippen molar-refractivity contribution in [3.05, 3.63) is 23.9 Å². The van der Waals surface area contributed by atoms with Crippen molar-refractivity contribution in [1.82, 2.24) is 4.98 Å². The van der Waals surface area contributed by atoms with E-state index in [1.165, 1.54) is 0 Å². The van der Waals surface area contributed by atoms with Crippen molar-refractivity contribution in [2.24, 2.45) is 0 Å². The molecule has 88 valence electrons. The van der Waals surface area contributed by atoms with Gasteiger partial charge in [-0.05, 0) is 19.9 Å². The van der Waals surface area contributed by atoms with E-state index in [1.54, 1.807) is 13.1 Å². The molecular weight excluding hydrogens is 204 g/mol. The molecule has 4 nitrogen and oxygen atoms in total. The molecule has 0 aromatic carbocycles. The zero-order valence-electron chi connectivity index (χ0n) is 9.76. The molecule has 1 aliphatic heterocycles. The molecule has 1 unspecified atom stereocenters. The van der Waals surface area contributed by atoms with Crippen molar-refractivity contribution >= 4 is 5.82 Å². The highest BCUT2D eigenvalue weighted by Crippen LogP contribution is 2.26. The Hall–Kier alpha value is -1.13. The molecule has 0 spiro atoms. The van der Waals surface area contributed by atoms with E-state index in [1.807, 2.05) is 12.1 Å². The second kappa shape index (κ2) is 4.80. The number of aromatic nitrogens is 1. The molecule has 16 heavy (non-hydrogen) atoms. The Morgan fingerprint density at radius 1 is 1.62 bits per heavy atom. The number of hydrogen-bond acceptors (Lipinski definition) is 4. The summed E-state index contributed by atoms with van der Waals surface area (Å²) in [6.45, 7) is 6.15. The third kappa shape index (κ3) is 2.18. The quantitative estimate of drug-likeness (QED) is 0.820. The molecule has 1 aliphatic rings. The van der Waals surface area contributed by atoms with Crippen LogP contribution in [0.5, 0.6) is 0 Å². The Balaban J connectivity index is 2.31. The Morgan fingerprint density at radius 2 is 2.44 bits per heavy atom. The van der Waals surface area contributed by atoms with Crippen molar-refractivity contribution in [2.75, 3.05) is 24.7 Å². The molecule has 1 N–H and O–H groups in total. The summed E-state index contributed by atoms with van der Waals surface area (Å²) >= 11 is 0. The number of morpholine rings is 1. The Labute approximate surface area is 95.9 Å².